The van der Waals surface area contributed by atoms with E-state index in [2.05, 4.69) is 5.32 Å². The van der Waals surface area contributed by atoms with E-state index >= 15 is 0 Å². The van der Waals surface area contributed by atoms with Crippen molar-refractivity contribution < 1.29 is 14.3 Å². The van der Waals surface area contributed by atoms with E-state index in [-0.39, 0.29) is 12.5 Å². The zero-order valence-corrected chi connectivity index (χ0v) is 13.9. The minimum atomic E-state index is -0.157. The Hall–Kier alpha value is -2.49. The van der Waals surface area contributed by atoms with Crippen molar-refractivity contribution in [3.8, 4) is 11.5 Å². The highest BCUT2D eigenvalue weighted by atomic mass is 16.5. The molecular weight excluding hydrogens is 290 g/mol. The van der Waals surface area contributed by atoms with Gasteiger partial charge in [-0.3, -0.25) is 4.79 Å². The normalized spacial score (nSPS) is 10.2. The molecule has 0 aliphatic carbocycles. The summed E-state index contributed by atoms with van der Waals surface area (Å²) < 4.78 is 11.2. The van der Waals surface area contributed by atoms with Gasteiger partial charge in [-0.15, -0.1) is 0 Å². The lowest BCUT2D eigenvalue weighted by molar-refractivity contribution is -0.123. The summed E-state index contributed by atoms with van der Waals surface area (Å²) in [5.41, 5.74) is 3.35. The number of para-hydroxylation sites is 1. The van der Waals surface area contributed by atoms with Gasteiger partial charge in [0.25, 0.3) is 5.91 Å². The number of carbonyl (C=O) groups excluding carboxylic acids is 1. The molecule has 1 amide bonds. The molecule has 0 radical (unpaired) electrons. The lowest BCUT2D eigenvalue weighted by Crippen LogP contribution is -2.32. The second kappa shape index (κ2) is 8.22. The standard InChI is InChI=1S/C19H23NO3/c1-14-7-9-17(10-8-14)23-13-18(21)20-11-12-22-19-15(2)5-4-6-16(19)3/h4-10H,11-13H2,1-3H3,(H,20,21). The van der Waals surface area contributed by atoms with Crippen LogP contribution in [0.1, 0.15) is 16.7 Å². The molecule has 0 unspecified atom stereocenters. The van der Waals surface area contributed by atoms with Crippen molar-refractivity contribution in [2.24, 2.45) is 0 Å². The van der Waals surface area contributed by atoms with E-state index in [0.29, 0.717) is 18.9 Å². The molecule has 2 rings (SSSR count). The second-order valence-electron chi connectivity index (χ2n) is 5.52. The predicted molar refractivity (Wildman–Crippen MR) is 91.1 cm³/mol. The SMILES string of the molecule is Cc1ccc(OCC(=O)NCCOc2c(C)cccc2C)cc1. The molecule has 0 fully saturated rings. The van der Waals surface area contributed by atoms with Crippen LogP contribution in [0, 0.1) is 20.8 Å². The van der Waals surface area contributed by atoms with E-state index < -0.39 is 0 Å². The van der Waals surface area contributed by atoms with Gasteiger partial charge >= 0.3 is 0 Å². The van der Waals surface area contributed by atoms with Gasteiger partial charge in [0, 0.05) is 0 Å². The molecule has 122 valence electrons. The first-order valence-corrected chi connectivity index (χ1v) is 7.71. The van der Waals surface area contributed by atoms with Gasteiger partial charge in [-0.2, -0.15) is 0 Å². The van der Waals surface area contributed by atoms with Gasteiger partial charge in [0.1, 0.15) is 18.1 Å². The van der Waals surface area contributed by atoms with Gasteiger partial charge in [-0.25, -0.2) is 0 Å². The molecule has 4 nitrogen and oxygen atoms in total. The molecular formula is C19H23NO3. The molecule has 0 saturated carbocycles. The Bertz CT molecular complexity index is 630. The number of benzene rings is 2. The average molecular weight is 313 g/mol. The Balaban J connectivity index is 1.68. The summed E-state index contributed by atoms with van der Waals surface area (Å²) in [4.78, 5) is 11.7. The maximum Gasteiger partial charge on any atom is 0.258 e. The summed E-state index contributed by atoms with van der Waals surface area (Å²) in [7, 11) is 0. The summed E-state index contributed by atoms with van der Waals surface area (Å²) >= 11 is 0. The minimum absolute atomic E-state index is 0.00640. The van der Waals surface area contributed by atoms with Gasteiger partial charge < -0.3 is 14.8 Å². The lowest BCUT2D eigenvalue weighted by atomic mass is 10.1. The van der Waals surface area contributed by atoms with E-state index in [1.807, 2.05) is 63.2 Å². The fourth-order valence-corrected chi connectivity index (χ4v) is 2.20. The molecule has 4 heteroatoms. The number of aryl methyl sites for hydroxylation is 3. The van der Waals surface area contributed by atoms with Crippen LogP contribution in [-0.4, -0.2) is 25.7 Å². The van der Waals surface area contributed by atoms with Crippen LogP contribution in [-0.2, 0) is 4.79 Å². The zero-order chi connectivity index (χ0) is 16.7. The molecule has 23 heavy (non-hydrogen) atoms. The quantitative estimate of drug-likeness (QED) is 0.799. The lowest BCUT2D eigenvalue weighted by Gasteiger charge is -2.12. The van der Waals surface area contributed by atoms with Crippen molar-refractivity contribution in [2.45, 2.75) is 20.8 Å². The smallest absolute Gasteiger partial charge is 0.258 e. The van der Waals surface area contributed by atoms with Crippen molar-refractivity contribution in [2.75, 3.05) is 19.8 Å². The van der Waals surface area contributed by atoms with Crippen molar-refractivity contribution >= 4 is 5.91 Å². The number of carbonyl (C=O) groups is 1. The van der Waals surface area contributed by atoms with Crippen LogP contribution < -0.4 is 14.8 Å². The van der Waals surface area contributed by atoms with E-state index in [1.54, 1.807) is 0 Å². The Morgan fingerprint density at radius 3 is 2.26 bits per heavy atom. The Kier molecular flexibility index (Phi) is 6.03. The molecule has 0 aliphatic rings. The van der Waals surface area contributed by atoms with Crippen molar-refractivity contribution in [3.63, 3.8) is 0 Å². The first kappa shape index (κ1) is 16.9. The highest BCUT2D eigenvalue weighted by Crippen LogP contribution is 2.21. The van der Waals surface area contributed by atoms with Crippen LogP contribution in [0.15, 0.2) is 42.5 Å². The van der Waals surface area contributed by atoms with Crippen molar-refractivity contribution in [1.82, 2.24) is 5.32 Å². The molecule has 1 N–H and O–H groups in total. The first-order valence-electron chi connectivity index (χ1n) is 7.71. The van der Waals surface area contributed by atoms with Crippen molar-refractivity contribution in [3.05, 3.63) is 59.2 Å². The number of hydrogen-bond acceptors (Lipinski definition) is 3. The molecule has 0 saturated heterocycles. The number of nitrogens with one attached hydrogen (secondary N) is 1. The Morgan fingerprint density at radius 1 is 0.957 bits per heavy atom. The summed E-state index contributed by atoms with van der Waals surface area (Å²) in [5, 5.41) is 2.78. The summed E-state index contributed by atoms with van der Waals surface area (Å²) in [6, 6.07) is 13.6. The highest BCUT2D eigenvalue weighted by molar-refractivity contribution is 5.77. The maximum atomic E-state index is 11.7. The van der Waals surface area contributed by atoms with Crippen LogP contribution in [0.5, 0.6) is 11.5 Å². The van der Waals surface area contributed by atoms with Crippen LogP contribution in [0.2, 0.25) is 0 Å². The van der Waals surface area contributed by atoms with Crippen LogP contribution in [0.4, 0.5) is 0 Å². The van der Waals surface area contributed by atoms with E-state index in [1.165, 1.54) is 0 Å². The van der Waals surface area contributed by atoms with Gasteiger partial charge in [-0.1, -0.05) is 35.9 Å². The first-order chi connectivity index (χ1) is 11.1. The van der Waals surface area contributed by atoms with Gasteiger partial charge in [0.05, 0.1) is 6.54 Å². The molecule has 0 heterocycles. The third kappa shape index (κ3) is 5.33. The average Bonchev–Trinajstić information content (AvgIpc) is 2.53. The number of hydrogen-bond donors (Lipinski definition) is 1. The van der Waals surface area contributed by atoms with Crippen LogP contribution in [0.25, 0.3) is 0 Å². The van der Waals surface area contributed by atoms with Crippen LogP contribution in [0.3, 0.4) is 0 Å². The number of ether oxygens (including phenoxy) is 2. The topological polar surface area (TPSA) is 47.6 Å². The number of amides is 1. The van der Waals surface area contributed by atoms with E-state index in [4.69, 9.17) is 9.47 Å². The maximum absolute atomic E-state index is 11.7. The largest absolute Gasteiger partial charge is 0.491 e. The van der Waals surface area contributed by atoms with E-state index in [0.717, 1.165) is 22.4 Å². The number of rotatable bonds is 7. The third-order valence-corrected chi connectivity index (χ3v) is 3.47. The minimum Gasteiger partial charge on any atom is -0.491 e. The van der Waals surface area contributed by atoms with Gasteiger partial charge in [-0.05, 0) is 44.0 Å². The molecule has 2 aromatic rings. The molecule has 0 spiro atoms. The van der Waals surface area contributed by atoms with Crippen LogP contribution >= 0.6 is 0 Å². The zero-order valence-electron chi connectivity index (χ0n) is 13.9. The fourth-order valence-electron chi connectivity index (χ4n) is 2.20. The molecule has 0 aromatic heterocycles. The molecule has 0 bridgehead atoms. The summed E-state index contributed by atoms with van der Waals surface area (Å²) in [6.07, 6.45) is 0. The highest BCUT2D eigenvalue weighted by Gasteiger charge is 2.05. The van der Waals surface area contributed by atoms with Gasteiger partial charge in [0.2, 0.25) is 0 Å². The fraction of sp³-hybridized carbons (Fsp3) is 0.316. The predicted octanol–water partition coefficient (Wildman–Crippen LogP) is 3.19. The van der Waals surface area contributed by atoms with Crippen molar-refractivity contribution in [1.29, 1.82) is 0 Å². The monoisotopic (exact) mass is 313 g/mol. The van der Waals surface area contributed by atoms with Gasteiger partial charge in [0.15, 0.2) is 6.61 Å². The summed E-state index contributed by atoms with van der Waals surface area (Å²) in [6.45, 7) is 6.91. The third-order valence-electron chi connectivity index (χ3n) is 3.47. The molecule has 0 aliphatic heterocycles. The second-order valence-corrected chi connectivity index (χ2v) is 5.52. The summed E-state index contributed by atoms with van der Waals surface area (Å²) in [5.74, 6) is 1.42. The Labute approximate surface area is 137 Å². The molecule has 0 atom stereocenters. The van der Waals surface area contributed by atoms with E-state index in [9.17, 15) is 4.79 Å². The Morgan fingerprint density at radius 2 is 1.61 bits per heavy atom. The molecule has 2 aromatic carbocycles.